The van der Waals surface area contributed by atoms with E-state index >= 15 is 0 Å². The van der Waals surface area contributed by atoms with Crippen LogP contribution < -0.4 is 5.32 Å². The molecule has 1 saturated heterocycles. The van der Waals surface area contributed by atoms with E-state index in [4.69, 9.17) is 4.52 Å². The van der Waals surface area contributed by atoms with E-state index in [0.29, 0.717) is 31.3 Å². The summed E-state index contributed by atoms with van der Waals surface area (Å²) in [6.07, 6.45) is 0. The third-order valence-corrected chi connectivity index (χ3v) is 5.44. The van der Waals surface area contributed by atoms with Crippen molar-refractivity contribution in [3.05, 3.63) is 45.8 Å². The second-order valence-corrected chi connectivity index (χ2v) is 7.25. The number of aromatic nitrogens is 2. The molecule has 3 aromatic heterocycles. The molecule has 3 aromatic rings. The standard InChI is InChI=1S/C15H14N4O2S2/c20-15(16-7-11-3-1-5-22-11)19-8-10(9-19)14-17-13(18-21-14)12-4-2-6-23-12/h1-6,10H,7-9H2,(H,16,20). The highest BCUT2D eigenvalue weighted by atomic mass is 32.1. The van der Waals surface area contributed by atoms with Crippen molar-refractivity contribution in [1.29, 1.82) is 0 Å². The first-order valence-electron chi connectivity index (χ1n) is 7.22. The number of carbonyl (C=O) groups excluding carboxylic acids is 1. The predicted molar refractivity (Wildman–Crippen MR) is 88.5 cm³/mol. The molecule has 0 unspecified atom stereocenters. The van der Waals surface area contributed by atoms with Gasteiger partial charge in [0.15, 0.2) is 0 Å². The number of likely N-dealkylation sites (tertiary alicyclic amines) is 1. The minimum absolute atomic E-state index is 0.0485. The van der Waals surface area contributed by atoms with E-state index in [0.717, 1.165) is 9.75 Å². The van der Waals surface area contributed by atoms with Gasteiger partial charge in [-0.05, 0) is 22.9 Å². The molecule has 2 amide bonds. The molecule has 6 nitrogen and oxygen atoms in total. The second-order valence-electron chi connectivity index (χ2n) is 5.27. The van der Waals surface area contributed by atoms with Crippen molar-refractivity contribution in [3.8, 4) is 10.7 Å². The van der Waals surface area contributed by atoms with Crippen LogP contribution in [0, 0.1) is 0 Å². The van der Waals surface area contributed by atoms with Crippen molar-refractivity contribution in [2.45, 2.75) is 12.5 Å². The summed E-state index contributed by atoms with van der Waals surface area (Å²) < 4.78 is 5.33. The van der Waals surface area contributed by atoms with Crippen LogP contribution in [0.25, 0.3) is 10.7 Å². The summed E-state index contributed by atoms with van der Waals surface area (Å²) in [4.78, 5) is 20.4. The minimum atomic E-state index is -0.0485. The van der Waals surface area contributed by atoms with Gasteiger partial charge in [-0.3, -0.25) is 0 Å². The van der Waals surface area contributed by atoms with Crippen LogP contribution in [-0.4, -0.2) is 34.2 Å². The molecule has 0 radical (unpaired) electrons. The Bertz CT molecular complexity index is 776. The van der Waals surface area contributed by atoms with Gasteiger partial charge in [0.05, 0.1) is 17.3 Å². The second kappa shape index (κ2) is 6.13. The molecular formula is C15H14N4O2S2. The highest BCUT2D eigenvalue weighted by Crippen LogP contribution is 2.28. The van der Waals surface area contributed by atoms with Gasteiger partial charge < -0.3 is 14.7 Å². The molecule has 1 fully saturated rings. The van der Waals surface area contributed by atoms with Crippen LogP contribution in [0.2, 0.25) is 0 Å². The van der Waals surface area contributed by atoms with Gasteiger partial charge in [-0.25, -0.2) is 4.79 Å². The fourth-order valence-corrected chi connectivity index (χ4v) is 3.69. The van der Waals surface area contributed by atoms with Crippen LogP contribution >= 0.6 is 22.7 Å². The van der Waals surface area contributed by atoms with Gasteiger partial charge >= 0.3 is 6.03 Å². The summed E-state index contributed by atoms with van der Waals surface area (Å²) in [5.41, 5.74) is 0. The number of nitrogens with zero attached hydrogens (tertiary/aromatic N) is 3. The fraction of sp³-hybridized carbons (Fsp3) is 0.267. The zero-order valence-electron chi connectivity index (χ0n) is 12.1. The molecule has 4 heterocycles. The van der Waals surface area contributed by atoms with Crippen molar-refractivity contribution >= 4 is 28.7 Å². The summed E-state index contributed by atoms with van der Waals surface area (Å²) in [6, 6.07) is 7.86. The average molecular weight is 346 g/mol. The molecular weight excluding hydrogens is 332 g/mol. The van der Waals surface area contributed by atoms with Crippen molar-refractivity contribution in [2.75, 3.05) is 13.1 Å². The van der Waals surface area contributed by atoms with Crippen molar-refractivity contribution in [2.24, 2.45) is 0 Å². The van der Waals surface area contributed by atoms with Crippen molar-refractivity contribution < 1.29 is 9.32 Å². The Balaban J connectivity index is 1.30. The number of carbonyl (C=O) groups is 1. The van der Waals surface area contributed by atoms with Crippen LogP contribution in [0.5, 0.6) is 0 Å². The maximum absolute atomic E-state index is 12.0. The average Bonchev–Trinajstić information content (AvgIpc) is 3.24. The van der Waals surface area contributed by atoms with Crippen molar-refractivity contribution in [3.63, 3.8) is 0 Å². The van der Waals surface area contributed by atoms with E-state index in [9.17, 15) is 4.79 Å². The first kappa shape index (κ1) is 14.4. The number of rotatable bonds is 4. The molecule has 0 saturated carbocycles. The highest BCUT2D eigenvalue weighted by molar-refractivity contribution is 7.13. The lowest BCUT2D eigenvalue weighted by Crippen LogP contribution is -2.52. The maximum atomic E-state index is 12.0. The Morgan fingerprint density at radius 2 is 2.13 bits per heavy atom. The monoisotopic (exact) mass is 346 g/mol. The molecule has 1 aliphatic rings. The van der Waals surface area contributed by atoms with Gasteiger partial charge in [-0.1, -0.05) is 17.3 Å². The van der Waals surface area contributed by atoms with Crippen molar-refractivity contribution in [1.82, 2.24) is 20.4 Å². The quantitative estimate of drug-likeness (QED) is 0.788. The summed E-state index contributed by atoms with van der Waals surface area (Å²) in [5.74, 6) is 1.36. The van der Waals surface area contributed by atoms with Gasteiger partial charge in [-0.2, -0.15) is 4.98 Å². The molecule has 1 N–H and O–H groups in total. The Labute approximate surface area is 140 Å². The summed E-state index contributed by atoms with van der Waals surface area (Å²) in [5, 5.41) is 10.9. The molecule has 0 aromatic carbocycles. The third-order valence-electron chi connectivity index (χ3n) is 3.70. The lowest BCUT2D eigenvalue weighted by molar-refractivity contribution is 0.136. The van der Waals surface area contributed by atoms with Crippen LogP contribution in [-0.2, 0) is 6.54 Å². The van der Waals surface area contributed by atoms with E-state index in [1.165, 1.54) is 0 Å². The maximum Gasteiger partial charge on any atom is 0.317 e. The molecule has 0 spiro atoms. The van der Waals surface area contributed by atoms with E-state index in [1.807, 2.05) is 35.0 Å². The highest BCUT2D eigenvalue weighted by Gasteiger charge is 2.35. The zero-order chi connectivity index (χ0) is 15.6. The number of hydrogen-bond acceptors (Lipinski definition) is 6. The number of nitrogens with one attached hydrogen (secondary N) is 1. The first-order valence-corrected chi connectivity index (χ1v) is 8.98. The minimum Gasteiger partial charge on any atom is -0.339 e. The van der Waals surface area contributed by atoms with E-state index in [-0.39, 0.29) is 11.9 Å². The van der Waals surface area contributed by atoms with Gasteiger partial charge in [0.25, 0.3) is 0 Å². The molecule has 0 bridgehead atoms. The van der Waals surface area contributed by atoms with E-state index < -0.39 is 0 Å². The molecule has 23 heavy (non-hydrogen) atoms. The number of thiophene rings is 2. The van der Waals surface area contributed by atoms with Crippen LogP contribution in [0.3, 0.4) is 0 Å². The van der Waals surface area contributed by atoms with Crippen LogP contribution in [0.15, 0.2) is 39.5 Å². The number of hydrogen-bond donors (Lipinski definition) is 1. The normalized spacial score (nSPS) is 14.7. The Hall–Kier alpha value is -2.19. The van der Waals surface area contributed by atoms with Gasteiger partial charge in [0.2, 0.25) is 11.7 Å². The summed E-state index contributed by atoms with van der Waals surface area (Å²) >= 11 is 3.21. The van der Waals surface area contributed by atoms with Crippen LogP contribution in [0.1, 0.15) is 16.7 Å². The van der Waals surface area contributed by atoms with Crippen LogP contribution in [0.4, 0.5) is 4.79 Å². The number of urea groups is 1. The molecule has 8 heteroatoms. The molecule has 1 aliphatic heterocycles. The van der Waals surface area contributed by atoms with Gasteiger partial charge in [-0.15, -0.1) is 22.7 Å². The molecule has 0 atom stereocenters. The Morgan fingerprint density at radius 3 is 2.87 bits per heavy atom. The number of amides is 2. The summed E-state index contributed by atoms with van der Waals surface area (Å²) in [7, 11) is 0. The van der Waals surface area contributed by atoms with Gasteiger partial charge in [0, 0.05) is 18.0 Å². The molecule has 0 aliphatic carbocycles. The van der Waals surface area contributed by atoms with E-state index in [1.54, 1.807) is 27.6 Å². The zero-order valence-corrected chi connectivity index (χ0v) is 13.8. The largest absolute Gasteiger partial charge is 0.339 e. The summed E-state index contributed by atoms with van der Waals surface area (Å²) in [6.45, 7) is 1.80. The third kappa shape index (κ3) is 2.99. The SMILES string of the molecule is O=C(NCc1cccs1)N1CC(c2nc(-c3cccs3)no2)C1. The molecule has 118 valence electrons. The lowest BCUT2D eigenvalue weighted by atomic mass is 10.0. The van der Waals surface area contributed by atoms with Gasteiger partial charge in [0.1, 0.15) is 0 Å². The Kier molecular flexibility index (Phi) is 3.84. The molecule has 4 rings (SSSR count). The topological polar surface area (TPSA) is 71.3 Å². The Morgan fingerprint density at radius 1 is 1.30 bits per heavy atom. The smallest absolute Gasteiger partial charge is 0.317 e. The first-order chi connectivity index (χ1) is 11.3. The van der Waals surface area contributed by atoms with E-state index in [2.05, 4.69) is 15.5 Å². The predicted octanol–water partition coefficient (Wildman–Crippen LogP) is 3.17. The lowest BCUT2D eigenvalue weighted by Gasteiger charge is -2.36. The fourth-order valence-electron chi connectivity index (χ4n) is 2.40.